The molecule has 0 fully saturated rings. The maximum atomic E-state index is 3.15. The first kappa shape index (κ1) is 11.6. The summed E-state index contributed by atoms with van der Waals surface area (Å²) in [7, 11) is 0. The standard InChI is InChI=1S/C12H15.Ho/c1-9(2)11-8-7-10-5-3-4-6-12(10)11;/h4-6,9,11H,7-8H2,1-2H3;/q-1;. The molecule has 1 radical (unpaired) electrons. The third kappa shape index (κ3) is 2.29. The molecule has 2 rings (SSSR count). The van der Waals surface area contributed by atoms with Gasteiger partial charge in [0.1, 0.15) is 0 Å². The minimum atomic E-state index is 0. The average molecular weight is 324 g/mol. The molecule has 0 heterocycles. The molecule has 1 aromatic carbocycles. The molecule has 0 spiro atoms. The van der Waals surface area contributed by atoms with Crippen LogP contribution in [-0.4, -0.2) is 0 Å². The largest absolute Gasteiger partial charge is 0.184 e. The molecule has 0 saturated heterocycles. The maximum Gasteiger partial charge on any atom is 0 e. The third-order valence-electron chi connectivity index (χ3n) is 2.92. The van der Waals surface area contributed by atoms with Gasteiger partial charge in [-0.3, -0.25) is 0 Å². The fourth-order valence-corrected chi connectivity index (χ4v) is 2.21. The number of fused-ring (bicyclic) bond motifs is 1. The summed E-state index contributed by atoms with van der Waals surface area (Å²) in [5, 5.41) is 0. The Bertz CT molecular complexity index is 278. The van der Waals surface area contributed by atoms with E-state index in [0.717, 1.165) is 11.8 Å². The number of hydrogen-bond acceptors (Lipinski definition) is 0. The van der Waals surface area contributed by atoms with Gasteiger partial charge >= 0.3 is 0 Å². The van der Waals surface area contributed by atoms with Crippen molar-refractivity contribution in [3.05, 3.63) is 35.4 Å². The van der Waals surface area contributed by atoms with Gasteiger partial charge < -0.3 is 0 Å². The predicted octanol–water partition coefficient (Wildman–Crippen LogP) is 3.17. The van der Waals surface area contributed by atoms with Crippen LogP contribution in [0.4, 0.5) is 0 Å². The van der Waals surface area contributed by atoms with Crippen LogP contribution in [0, 0.1) is 49.7 Å². The van der Waals surface area contributed by atoms with Crippen molar-refractivity contribution in [3.63, 3.8) is 0 Å². The molecule has 0 bridgehead atoms. The van der Waals surface area contributed by atoms with E-state index in [2.05, 4.69) is 32.0 Å². The Morgan fingerprint density at radius 2 is 2.23 bits per heavy atom. The first-order valence-corrected chi connectivity index (χ1v) is 4.78. The van der Waals surface area contributed by atoms with Gasteiger partial charge in [0.2, 0.25) is 0 Å². The van der Waals surface area contributed by atoms with Crippen molar-refractivity contribution in [3.8, 4) is 0 Å². The summed E-state index contributed by atoms with van der Waals surface area (Å²) in [5.74, 6) is 1.59. The summed E-state index contributed by atoms with van der Waals surface area (Å²) >= 11 is 0. The van der Waals surface area contributed by atoms with E-state index in [-0.39, 0.29) is 37.7 Å². The second-order valence-electron chi connectivity index (χ2n) is 4.01. The Balaban J connectivity index is 0.000000845. The summed E-state index contributed by atoms with van der Waals surface area (Å²) in [6.45, 7) is 4.63. The van der Waals surface area contributed by atoms with E-state index < -0.39 is 0 Å². The van der Waals surface area contributed by atoms with Gasteiger partial charge in [-0.15, -0.1) is 0 Å². The smallest absolute Gasteiger partial charge is 0 e. The van der Waals surface area contributed by atoms with Gasteiger partial charge in [-0.05, 0) is 11.8 Å². The molecule has 1 aromatic rings. The summed E-state index contributed by atoms with van der Waals surface area (Å²) < 4.78 is 0. The minimum Gasteiger partial charge on any atom is -0.184 e. The minimum absolute atomic E-state index is 0. The number of rotatable bonds is 1. The van der Waals surface area contributed by atoms with E-state index in [0.29, 0.717) is 0 Å². The molecule has 0 amide bonds. The van der Waals surface area contributed by atoms with E-state index in [1.54, 1.807) is 5.56 Å². The fourth-order valence-electron chi connectivity index (χ4n) is 2.21. The van der Waals surface area contributed by atoms with Crippen molar-refractivity contribution >= 4 is 0 Å². The van der Waals surface area contributed by atoms with E-state index in [4.69, 9.17) is 0 Å². The molecule has 0 saturated carbocycles. The molecule has 75 valence electrons. The molecule has 1 aliphatic rings. The van der Waals surface area contributed by atoms with Gasteiger partial charge in [-0.1, -0.05) is 26.7 Å². The zero-order chi connectivity index (χ0) is 8.55. The van der Waals surface area contributed by atoms with Crippen molar-refractivity contribution in [2.75, 3.05) is 0 Å². The van der Waals surface area contributed by atoms with Crippen LogP contribution in [0.1, 0.15) is 37.3 Å². The van der Waals surface area contributed by atoms with Crippen LogP contribution in [0.3, 0.4) is 0 Å². The molecule has 0 aromatic heterocycles. The Kier molecular flexibility index (Phi) is 4.28. The van der Waals surface area contributed by atoms with Crippen LogP contribution >= 0.6 is 0 Å². The molecular formula is C12H15Ho-. The van der Waals surface area contributed by atoms with Crippen molar-refractivity contribution in [1.82, 2.24) is 0 Å². The van der Waals surface area contributed by atoms with Gasteiger partial charge in [0.15, 0.2) is 0 Å². The molecule has 1 heteroatoms. The Hall–Kier alpha value is 0.480. The molecular weight excluding hydrogens is 309 g/mol. The number of hydrogen-bond donors (Lipinski definition) is 0. The van der Waals surface area contributed by atoms with Gasteiger partial charge in [0.25, 0.3) is 0 Å². The molecule has 0 N–H and O–H groups in total. The predicted molar refractivity (Wildman–Crippen MR) is 51.2 cm³/mol. The Morgan fingerprint density at radius 1 is 1.46 bits per heavy atom. The molecule has 0 aliphatic heterocycles. The molecule has 1 aliphatic carbocycles. The molecule has 13 heavy (non-hydrogen) atoms. The van der Waals surface area contributed by atoms with Gasteiger partial charge in [-0.2, -0.15) is 35.4 Å². The molecule has 0 nitrogen and oxygen atoms in total. The number of aryl methyl sites for hydroxylation is 1. The van der Waals surface area contributed by atoms with Crippen LogP contribution in [-0.2, 0) is 6.42 Å². The normalized spacial score (nSPS) is 19.8. The maximum absolute atomic E-state index is 3.15. The van der Waals surface area contributed by atoms with Crippen LogP contribution < -0.4 is 0 Å². The zero-order valence-corrected chi connectivity index (χ0v) is 10.0. The van der Waals surface area contributed by atoms with E-state index in [9.17, 15) is 0 Å². The summed E-state index contributed by atoms with van der Waals surface area (Å²) in [6.07, 6.45) is 2.60. The van der Waals surface area contributed by atoms with Crippen molar-refractivity contribution in [1.29, 1.82) is 0 Å². The van der Waals surface area contributed by atoms with E-state index in [1.807, 2.05) is 6.07 Å². The van der Waals surface area contributed by atoms with Crippen LogP contribution in [0.2, 0.25) is 0 Å². The Morgan fingerprint density at radius 3 is 2.92 bits per heavy atom. The summed E-state index contributed by atoms with van der Waals surface area (Å²) in [6, 6.07) is 9.59. The van der Waals surface area contributed by atoms with Gasteiger partial charge in [0.05, 0.1) is 0 Å². The second kappa shape index (κ2) is 4.82. The van der Waals surface area contributed by atoms with Crippen LogP contribution in [0.5, 0.6) is 0 Å². The van der Waals surface area contributed by atoms with Gasteiger partial charge in [0, 0.05) is 37.7 Å². The quantitative estimate of drug-likeness (QED) is 0.550. The van der Waals surface area contributed by atoms with E-state index in [1.165, 1.54) is 18.4 Å². The summed E-state index contributed by atoms with van der Waals surface area (Å²) in [5.41, 5.74) is 3.10. The topological polar surface area (TPSA) is 0 Å². The molecule has 1 atom stereocenters. The first-order chi connectivity index (χ1) is 5.79. The first-order valence-electron chi connectivity index (χ1n) is 4.78. The Labute approximate surface area is 111 Å². The molecule has 1 unspecified atom stereocenters. The third-order valence-corrected chi connectivity index (χ3v) is 2.92. The fraction of sp³-hybridized carbons (Fsp3) is 0.500. The number of benzene rings is 1. The van der Waals surface area contributed by atoms with Crippen molar-refractivity contribution in [2.24, 2.45) is 5.92 Å². The monoisotopic (exact) mass is 324 g/mol. The van der Waals surface area contributed by atoms with Crippen LogP contribution in [0.25, 0.3) is 0 Å². The zero-order valence-electron chi connectivity index (χ0n) is 8.10. The van der Waals surface area contributed by atoms with Crippen molar-refractivity contribution in [2.45, 2.75) is 32.6 Å². The van der Waals surface area contributed by atoms with Crippen molar-refractivity contribution < 1.29 is 37.7 Å². The summed E-state index contributed by atoms with van der Waals surface area (Å²) in [4.78, 5) is 0. The second-order valence-corrected chi connectivity index (χ2v) is 4.01. The average Bonchev–Trinajstić information content (AvgIpc) is 2.47. The van der Waals surface area contributed by atoms with Crippen LogP contribution in [0.15, 0.2) is 18.2 Å². The SMILES string of the molecule is CC(C)C1CCc2c[c-]ccc21.[Ho]. The van der Waals surface area contributed by atoms with Gasteiger partial charge in [-0.25, -0.2) is 0 Å². The van der Waals surface area contributed by atoms with E-state index >= 15 is 0 Å².